The van der Waals surface area contributed by atoms with Gasteiger partial charge >= 0.3 is 0 Å². The summed E-state index contributed by atoms with van der Waals surface area (Å²) in [7, 11) is 0. The van der Waals surface area contributed by atoms with E-state index in [0.717, 1.165) is 57.8 Å². The summed E-state index contributed by atoms with van der Waals surface area (Å²) in [5.74, 6) is 2.69. The summed E-state index contributed by atoms with van der Waals surface area (Å²) < 4.78 is 10.3. The summed E-state index contributed by atoms with van der Waals surface area (Å²) in [5.41, 5.74) is 0. The number of aryl methyl sites for hydroxylation is 1. The van der Waals surface area contributed by atoms with Crippen molar-refractivity contribution in [2.24, 2.45) is 11.8 Å². The number of nitrogens with zero attached hydrogens (tertiary/aromatic N) is 3. The van der Waals surface area contributed by atoms with E-state index in [1.54, 1.807) is 0 Å². The summed E-state index contributed by atoms with van der Waals surface area (Å²) in [4.78, 5) is 18.5. The molecule has 2 saturated heterocycles. The highest BCUT2D eigenvalue weighted by Crippen LogP contribution is 2.23. The number of carbonyl (C=O) groups is 1. The number of hydrogen-bond donors (Lipinski definition) is 0. The van der Waals surface area contributed by atoms with Crippen molar-refractivity contribution >= 4 is 5.91 Å². The highest BCUT2D eigenvalue weighted by Gasteiger charge is 2.27. The fraction of sp³-hybridized carbons (Fsp3) is 0.800. The van der Waals surface area contributed by atoms with Crippen molar-refractivity contribution in [1.29, 1.82) is 0 Å². The van der Waals surface area contributed by atoms with Crippen LogP contribution in [0, 0.1) is 18.8 Å². The summed E-state index contributed by atoms with van der Waals surface area (Å²) in [6, 6.07) is 0. The normalized spacial score (nSPS) is 23.7. The molecule has 1 atom stereocenters. The second kappa shape index (κ2) is 6.56. The van der Waals surface area contributed by atoms with Gasteiger partial charge in [-0.05, 0) is 31.1 Å². The van der Waals surface area contributed by atoms with Crippen molar-refractivity contribution in [3.8, 4) is 0 Å². The summed E-state index contributed by atoms with van der Waals surface area (Å²) >= 11 is 0. The maximum absolute atomic E-state index is 12.3. The van der Waals surface area contributed by atoms with Crippen LogP contribution < -0.4 is 0 Å². The van der Waals surface area contributed by atoms with Crippen LogP contribution in [0.4, 0.5) is 0 Å². The number of ether oxygens (including phenoxy) is 1. The van der Waals surface area contributed by atoms with Gasteiger partial charge in [0, 0.05) is 46.1 Å². The largest absolute Gasteiger partial charge is 0.381 e. The fourth-order valence-corrected chi connectivity index (χ4v) is 3.19. The third-order valence-electron chi connectivity index (χ3n) is 4.50. The van der Waals surface area contributed by atoms with E-state index < -0.39 is 0 Å². The number of aromatic nitrogens is 2. The van der Waals surface area contributed by atoms with E-state index in [-0.39, 0.29) is 0 Å². The van der Waals surface area contributed by atoms with Gasteiger partial charge in [-0.1, -0.05) is 5.16 Å². The second-order valence-corrected chi connectivity index (χ2v) is 6.19. The van der Waals surface area contributed by atoms with Gasteiger partial charge in [0.15, 0.2) is 5.82 Å². The van der Waals surface area contributed by atoms with E-state index in [0.29, 0.717) is 30.1 Å². The molecule has 21 heavy (non-hydrogen) atoms. The lowest BCUT2D eigenvalue weighted by Crippen LogP contribution is -2.39. The Balaban J connectivity index is 1.42. The molecule has 2 aliphatic rings. The SMILES string of the molecule is Cc1nc(CC2CCN(C(=O)C[C@H]3CCOC3)CC2)no1. The molecule has 6 nitrogen and oxygen atoms in total. The summed E-state index contributed by atoms with van der Waals surface area (Å²) in [6.45, 7) is 5.08. The number of carbonyl (C=O) groups excluding carboxylic acids is 1. The molecule has 0 radical (unpaired) electrons. The van der Waals surface area contributed by atoms with Crippen molar-refractivity contribution in [2.75, 3.05) is 26.3 Å². The van der Waals surface area contributed by atoms with Crippen LogP contribution in [0.3, 0.4) is 0 Å². The zero-order valence-corrected chi connectivity index (χ0v) is 12.6. The van der Waals surface area contributed by atoms with E-state index in [1.165, 1.54) is 0 Å². The smallest absolute Gasteiger partial charge is 0.223 e. The lowest BCUT2D eigenvalue weighted by molar-refractivity contribution is -0.133. The molecule has 1 aromatic rings. The minimum atomic E-state index is 0.291. The number of hydrogen-bond acceptors (Lipinski definition) is 5. The molecule has 0 unspecified atom stereocenters. The number of likely N-dealkylation sites (tertiary alicyclic amines) is 1. The van der Waals surface area contributed by atoms with Crippen LogP contribution in [0.1, 0.15) is 37.4 Å². The van der Waals surface area contributed by atoms with E-state index >= 15 is 0 Å². The molecule has 0 bridgehead atoms. The maximum Gasteiger partial charge on any atom is 0.223 e. The predicted molar refractivity (Wildman–Crippen MR) is 75.6 cm³/mol. The minimum Gasteiger partial charge on any atom is -0.381 e. The minimum absolute atomic E-state index is 0.291. The van der Waals surface area contributed by atoms with Crippen LogP contribution in [-0.2, 0) is 16.0 Å². The third-order valence-corrected chi connectivity index (χ3v) is 4.50. The van der Waals surface area contributed by atoms with Crippen molar-refractivity contribution in [3.05, 3.63) is 11.7 Å². The first-order valence-corrected chi connectivity index (χ1v) is 7.85. The Hall–Kier alpha value is -1.43. The molecule has 1 aromatic heterocycles. The molecule has 0 spiro atoms. The molecule has 2 aliphatic heterocycles. The van der Waals surface area contributed by atoms with Gasteiger partial charge in [-0.25, -0.2) is 0 Å². The Bertz CT molecular complexity index is 474. The Kier molecular flexibility index (Phi) is 4.53. The zero-order valence-electron chi connectivity index (χ0n) is 12.6. The molecular weight excluding hydrogens is 270 g/mol. The molecule has 0 aromatic carbocycles. The molecule has 0 N–H and O–H groups in total. The quantitative estimate of drug-likeness (QED) is 0.843. The Morgan fingerprint density at radius 2 is 2.10 bits per heavy atom. The zero-order chi connectivity index (χ0) is 14.7. The third kappa shape index (κ3) is 3.81. The lowest BCUT2D eigenvalue weighted by atomic mass is 9.92. The van der Waals surface area contributed by atoms with Gasteiger partial charge in [0.05, 0.1) is 0 Å². The number of amides is 1. The molecule has 6 heteroatoms. The van der Waals surface area contributed by atoms with Gasteiger partial charge in [-0.2, -0.15) is 4.98 Å². The maximum atomic E-state index is 12.3. The van der Waals surface area contributed by atoms with Gasteiger partial charge < -0.3 is 14.2 Å². The van der Waals surface area contributed by atoms with E-state index in [2.05, 4.69) is 10.1 Å². The monoisotopic (exact) mass is 293 g/mol. The van der Waals surface area contributed by atoms with Gasteiger partial charge in [0.25, 0.3) is 0 Å². The van der Waals surface area contributed by atoms with Crippen molar-refractivity contribution in [1.82, 2.24) is 15.0 Å². The van der Waals surface area contributed by atoms with Crippen LogP contribution in [0.25, 0.3) is 0 Å². The Labute approximate surface area is 124 Å². The van der Waals surface area contributed by atoms with Gasteiger partial charge in [-0.3, -0.25) is 4.79 Å². The van der Waals surface area contributed by atoms with Crippen molar-refractivity contribution < 1.29 is 14.1 Å². The molecule has 116 valence electrons. The number of rotatable bonds is 4. The molecule has 1 amide bonds. The molecule has 0 saturated carbocycles. The Morgan fingerprint density at radius 1 is 1.29 bits per heavy atom. The van der Waals surface area contributed by atoms with E-state index in [4.69, 9.17) is 9.26 Å². The molecule has 0 aliphatic carbocycles. The average molecular weight is 293 g/mol. The molecule has 3 rings (SSSR count). The van der Waals surface area contributed by atoms with Crippen LogP contribution in [0.5, 0.6) is 0 Å². The number of piperidine rings is 1. The first-order valence-electron chi connectivity index (χ1n) is 7.85. The standard InChI is InChI=1S/C15H23N3O3/c1-11-16-14(17-21-11)8-12-2-5-18(6-3-12)15(19)9-13-4-7-20-10-13/h12-13H,2-10H2,1H3/t13-/m1/s1. The van der Waals surface area contributed by atoms with Crippen LogP contribution in [0.15, 0.2) is 4.52 Å². The van der Waals surface area contributed by atoms with Crippen molar-refractivity contribution in [2.45, 2.75) is 39.0 Å². The van der Waals surface area contributed by atoms with Gasteiger partial charge in [-0.15, -0.1) is 0 Å². The van der Waals surface area contributed by atoms with Gasteiger partial charge in [0.2, 0.25) is 11.8 Å². The van der Waals surface area contributed by atoms with Crippen molar-refractivity contribution in [3.63, 3.8) is 0 Å². The van der Waals surface area contributed by atoms with Gasteiger partial charge in [0.1, 0.15) is 0 Å². The lowest BCUT2D eigenvalue weighted by Gasteiger charge is -2.32. The summed E-state index contributed by atoms with van der Waals surface area (Å²) in [6.07, 6.45) is 4.59. The average Bonchev–Trinajstić information content (AvgIpc) is 3.12. The predicted octanol–water partition coefficient (Wildman–Crippen LogP) is 1.59. The molecular formula is C15H23N3O3. The first kappa shape index (κ1) is 14.5. The van der Waals surface area contributed by atoms with Crippen LogP contribution in [0.2, 0.25) is 0 Å². The fourth-order valence-electron chi connectivity index (χ4n) is 3.19. The molecule has 3 heterocycles. The summed E-state index contributed by atoms with van der Waals surface area (Å²) in [5, 5.41) is 3.95. The topological polar surface area (TPSA) is 68.5 Å². The highest BCUT2D eigenvalue weighted by atomic mass is 16.5. The Morgan fingerprint density at radius 3 is 2.71 bits per heavy atom. The first-order chi connectivity index (χ1) is 10.2. The van der Waals surface area contributed by atoms with E-state index in [1.807, 2.05) is 11.8 Å². The van der Waals surface area contributed by atoms with Crippen LogP contribution in [-0.4, -0.2) is 47.3 Å². The van der Waals surface area contributed by atoms with E-state index in [9.17, 15) is 4.79 Å². The molecule has 2 fully saturated rings. The highest BCUT2D eigenvalue weighted by molar-refractivity contribution is 5.76. The second-order valence-electron chi connectivity index (χ2n) is 6.19. The van der Waals surface area contributed by atoms with Crippen LogP contribution >= 0.6 is 0 Å².